The van der Waals surface area contributed by atoms with Crippen molar-refractivity contribution in [1.29, 1.82) is 0 Å². The summed E-state index contributed by atoms with van der Waals surface area (Å²) in [4.78, 5) is 4.17. The summed E-state index contributed by atoms with van der Waals surface area (Å²) >= 11 is 3.52. The zero-order chi connectivity index (χ0) is 19.0. The molecule has 2 N–H and O–H groups in total. The Morgan fingerprint density at radius 3 is 2.40 bits per heavy atom. The fourth-order valence-corrected chi connectivity index (χ4v) is 3.35. The topological polar surface area (TPSA) is 89.0 Å². The van der Waals surface area contributed by atoms with Crippen molar-refractivity contribution in [2.75, 3.05) is 33.3 Å². The van der Waals surface area contributed by atoms with Crippen LogP contribution in [0.15, 0.2) is 21.6 Å². The van der Waals surface area contributed by atoms with Gasteiger partial charge in [-0.2, -0.15) is 0 Å². The highest BCUT2D eigenvalue weighted by atomic mass is 79.9. The second-order valence-electron chi connectivity index (χ2n) is 5.69. The van der Waals surface area contributed by atoms with Crippen LogP contribution in [0, 0.1) is 0 Å². The standard InChI is InChI=1S/C16H26BrN3O4S/c1-11(6-7-25(5,21)22)20-16(18-2)19-10-12-8-14(23-3)15(24-4)9-13(12)17/h8-9,11H,6-7,10H2,1-5H3,(H2,18,19,20). The number of halogens is 1. The van der Waals surface area contributed by atoms with Crippen molar-refractivity contribution in [3.8, 4) is 11.5 Å². The summed E-state index contributed by atoms with van der Waals surface area (Å²) in [7, 11) is 1.88. The van der Waals surface area contributed by atoms with Crippen LogP contribution in [0.4, 0.5) is 0 Å². The number of aliphatic imine (C=N–C) groups is 1. The molecule has 1 rings (SSSR count). The molecule has 1 aromatic carbocycles. The number of hydrogen-bond acceptors (Lipinski definition) is 5. The molecule has 0 heterocycles. The van der Waals surface area contributed by atoms with Gasteiger partial charge in [0.1, 0.15) is 9.84 Å². The van der Waals surface area contributed by atoms with Crippen molar-refractivity contribution in [1.82, 2.24) is 10.6 Å². The Morgan fingerprint density at radius 1 is 1.28 bits per heavy atom. The lowest BCUT2D eigenvalue weighted by atomic mass is 10.2. The van der Waals surface area contributed by atoms with Gasteiger partial charge in [-0.1, -0.05) is 15.9 Å². The normalized spacial score (nSPS) is 13.3. The van der Waals surface area contributed by atoms with Gasteiger partial charge >= 0.3 is 0 Å². The molecule has 0 saturated carbocycles. The molecule has 0 amide bonds. The number of rotatable bonds is 8. The van der Waals surface area contributed by atoms with E-state index < -0.39 is 9.84 Å². The van der Waals surface area contributed by atoms with E-state index in [1.807, 2.05) is 19.1 Å². The number of benzene rings is 1. The maximum atomic E-state index is 11.3. The van der Waals surface area contributed by atoms with Gasteiger partial charge in [0, 0.05) is 30.4 Å². The molecule has 0 spiro atoms. The van der Waals surface area contributed by atoms with Crippen LogP contribution in [-0.4, -0.2) is 53.7 Å². The summed E-state index contributed by atoms with van der Waals surface area (Å²) in [6.07, 6.45) is 1.75. The SMILES string of the molecule is CN=C(NCc1cc(OC)c(OC)cc1Br)NC(C)CCS(C)(=O)=O. The molecule has 1 unspecified atom stereocenters. The molecule has 0 radical (unpaired) electrons. The van der Waals surface area contributed by atoms with E-state index in [4.69, 9.17) is 9.47 Å². The van der Waals surface area contributed by atoms with E-state index in [0.29, 0.717) is 30.4 Å². The lowest BCUT2D eigenvalue weighted by molar-refractivity contribution is 0.354. The van der Waals surface area contributed by atoms with Crippen molar-refractivity contribution < 1.29 is 17.9 Å². The Bertz CT molecular complexity index is 708. The van der Waals surface area contributed by atoms with Gasteiger partial charge in [0.25, 0.3) is 0 Å². The Hall–Kier alpha value is -1.48. The fraction of sp³-hybridized carbons (Fsp3) is 0.562. The third-order valence-electron chi connectivity index (χ3n) is 3.53. The van der Waals surface area contributed by atoms with Gasteiger partial charge in [0.15, 0.2) is 17.5 Å². The third kappa shape index (κ3) is 7.52. The van der Waals surface area contributed by atoms with Crippen molar-refractivity contribution >= 4 is 31.7 Å². The van der Waals surface area contributed by atoms with Gasteiger partial charge in [-0.3, -0.25) is 4.99 Å². The highest BCUT2D eigenvalue weighted by molar-refractivity contribution is 9.10. The molecule has 1 aromatic rings. The first-order valence-corrected chi connectivity index (χ1v) is 10.6. The minimum Gasteiger partial charge on any atom is -0.493 e. The predicted octanol–water partition coefficient (Wildman–Crippen LogP) is 1.95. The van der Waals surface area contributed by atoms with Crippen molar-refractivity contribution in [3.63, 3.8) is 0 Å². The molecule has 25 heavy (non-hydrogen) atoms. The minimum atomic E-state index is -2.97. The summed E-state index contributed by atoms with van der Waals surface area (Å²) < 4.78 is 34.0. The molecule has 0 fully saturated rings. The van der Waals surface area contributed by atoms with Gasteiger partial charge in [-0.25, -0.2) is 8.42 Å². The number of sulfone groups is 1. The molecular weight excluding hydrogens is 410 g/mol. The van der Waals surface area contributed by atoms with Gasteiger partial charge in [-0.05, 0) is 31.0 Å². The van der Waals surface area contributed by atoms with E-state index in [0.717, 1.165) is 10.0 Å². The van der Waals surface area contributed by atoms with E-state index in [1.54, 1.807) is 21.3 Å². The van der Waals surface area contributed by atoms with Crippen molar-refractivity contribution in [2.45, 2.75) is 25.9 Å². The smallest absolute Gasteiger partial charge is 0.191 e. The maximum Gasteiger partial charge on any atom is 0.191 e. The lowest BCUT2D eigenvalue weighted by Gasteiger charge is -2.18. The molecule has 0 aliphatic rings. The molecule has 1 atom stereocenters. The van der Waals surface area contributed by atoms with Crippen LogP contribution in [0.3, 0.4) is 0 Å². The van der Waals surface area contributed by atoms with E-state index in [2.05, 4.69) is 31.6 Å². The first-order chi connectivity index (χ1) is 11.7. The van der Waals surface area contributed by atoms with Gasteiger partial charge in [0.05, 0.1) is 20.0 Å². The van der Waals surface area contributed by atoms with E-state index in [1.165, 1.54) is 6.26 Å². The Morgan fingerprint density at radius 2 is 1.88 bits per heavy atom. The molecule has 0 aliphatic carbocycles. The summed E-state index contributed by atoms with van der Waals surface area (Å²) in [6.45, 7) is 2.43. The second-order valence-corrected chi connectivity index (χ2v) is 8.80. The monoisotopic (exact) mass is 435 g/mol. The molecular formula is C16H26BrN3O4S. The van der Waals surface area contributed by atoms with Crippen molar-refractivity contribution in [3.05, 3.63) is 22.2 Å². The largest absolute Gasteiger partial charge is 0.493 e. The molecule has 142 valence electrons. The fourth-order valence-electron chi connectivity index (χ4n) is 2.10. The van der Waals surface area contributed by atoms with E-state index in [-0.39, 0.29) is 11.8 Å². The van der Waals surface area contributed by atoms with Crippen LogP contribution in [0.2, 0.25) is 0 Å². The van der Waals surface area contributed by atoms with Crippen LogP contribution in [0.25, 0.3) is 0 Å². The molecule has 0 bridgehead atoms. The summed E-state index contributed by atoms with van der Waals surface area (Å²) in [5.74, 6) is 2.03. The molecule has 9 heteroatoms. The first-order valence-electron chi connectivity index (χ1n) is 7.75. The lowest BCUT2D eigenvalue weighted by Crippen LogP contribution is -2.42. The van der Waals surface area contributed by atoms with Crippen LogP contribution in [0.1, 0.15) is 18.9 Å². The average molecular weight is 436 g/mol. The quantitative estimate of drug-likeness (QED) is 0.479. The van der Waals surface area contributed by atoms with Crippen LogP contribution in [-0.2, 0) is 16.4 Å². The number of hydrogen-bond donors (Lipinski definition) is 2. The zero-order valence-electron chi connectivity index (χ0n) is 15.2. The molecule has 0 saturated heterocycles. The Labute approximate surface area is 158 Å². The van der Waals surface area contributed by atoms with Gasteiger partial charge in [0.2, 0.25) is 0 Å². The number of nitrogens with one attached hydrogen (secondary N) is 2. The van der Waals surface area contributed by atoms with E-state index >= 15 is 0 Å². The second kappa shape index (κ2) is 9.86. The predicted molar refractivity (Wildman–Crippen MR) is 104 cm³/mol. The molecule has 0 aliphatic heterocycles. The molecule has 0 aromatic heterocycles. The average Bonchev–Trinajstić information content (AvgIpc) is 2.56. The van der Waals surface area contributed by atoms with Crippen LogP contribution >= 0.6 is 15.9 Å². The number of ether oxygens (including phenoxy) is 2. The highest BCUT2D eigenvalue weighted by Crippen LogP contribution is 2.33. The number of methoxy groups -OCH3 is 2. The zero-order valence-corrected chi connectivity index (χ0v) is 17.6. The van der Waals surface area contributed by atoms with Crippen LogP contribution < -0.4 is 20.1 Å². The Kier molecular flexibility index (Phi) is 8.51. The van der Waals surface area contributed by atoms with Gasteiger partial charge < -0.3 is 20.1 Å². The van der Waals surface area contributed by atoms with E-state index in [9.17, 15) is 8.42 Å². The summed E-state index contributed by atoms with van der Waals surface area (Å²) in [5, 5.41) is 6.39. The maximum absolute atomic E-state index is 11.3. The minimum absolute atomic E-state index is 0.0187. The van der Waals surface area contributed by atoms with Crippen molar-refractivity contribution in [2.24, 2.45) is 4.99 Å². The number of nitrogens with zero attached hydrogens (tertiary/aromatic N) is 1. The third-order valence-corrected chi connectivity index (χ3v) is 5.24. The summed E-state index contributed by atoms with van der Waals surface area (Å²) in [5.41, 5.74) is 0.976. The van der Waals surface area contributed by atoms with Gasteiger partial charge in [-0.15, -0.1) is 0 Å². The highest BCUT2D eigenvalue weighted by Gasteiger charge is 2.12. The molecule has 7 nitrogen and oxygen atoms in total. The number of guanidine groups is 1. The first kappa shape index (κ1) is 21.6. The summed E-state index contributed by atoms with van der Waals surface area (Å²) in [6, 6.07) is 3.71. The van der Waals surface area contributed by atoms with Crippen LogP contribution in [0.5, 0.6) is 11.5 Å². The Balaban J connectivity index is 2.69.